The maximum absolute atomic E-state index is 5.93. The van der Waals surface area contributed by atoms with Gasteiger partial charge in [-0.2, -0.15) is 11.8 Å². The van der Waals surface area contributed by atoms with E-state index in [1.165, 1.54) is 17.9 Å². The minimum Gasteiger partial charge on any atom is -0.385 e. The summed E-state index contributed by atoms with van der Waals surface area (Å²) in [5.41, 5.74) is 1.06. The first-order chi connectivity index (χ1) is 7.25. The van der Waals surface area contributed by atoms with E-state index in [2.05, 4.69) is 5.32 Å². The number of hydrogen-bond donors (Lipinski definition) is 1. The van der Waals surface area contributed by atoms with Crippen molar-refractivity contribution in [1.82, 2.24) is 0 Å². The number of anilines is 1. The highest BCUT2D eigenvalue weighted by atomic mass is 35.5. The fourth-order valence-electron chi connectivity index (χ4n) is 1.61. The zero-order valence-corrected chi connectivity index (χ0v) is 10.6. The zero-order valence-electron chi connectivity index (χ0n) is 8.30. The third-order valence-corrected chi connectivity index (χ3v) is 4.51. The van der Waals surface area contributed by atoms with Crippen molar-refractivity contribution in [2.75, 3.05) is 23.4 Å². The van der Waals surface area contributed by atoms with Crippen LogP contribution in [-0.2, 0) is 0 Å². The molecule has 15 heavy (non-hydrogen) atoms. The molecular weight excluding hydrogens is 249 g/mol. The molecule has 1 heterocycles. The smallest absolute Gasteiger partial charge is 0.0612 e. The number of nitrogens with one attached hydrogen (secondary N) is 1. The summed E-state index contributed by atoms with van der Waals surface area (Å²) in [6.45, 7) is 1.03. The van der Waals surface area contributed by atoms with E-state index in [4.69, 9.17) is 23.2 Å². The molecule has 1 atom stereocenters. The van der Waals surface area contributed by atoms with Crippen molar-refractivity contribution in [3.05, 3.63) is 28.2 Å². The molecule has 1 saturated heterocycles. The highest BCUT2D eigenvalue weighted by Gasteiger charge is 2.14. The van der Waals surface area contributed by atoms with Crippen molar-refractivity contribution in [3.63, 3.8) is 0 Å². The number of thioether (sulfide) groups is 1. The van der Waals surface area contributed by atoms with E-state index < -0.39 is 0 Å². The Hall–Kier alpha value is -0.0500. The fraction of sp³-hybridized carbons (Fsp3) is 0.455. The minimum atomic E-state index is 0.610. The van der Waals surface area contributed by atoms with Gasteiger partial charge in [0.05, 0.1) is 10.0 Å². The van der Waals surface area contributed by atoms with E-state index in [1.807, 2.05) is 30.0 Å². The van der Waals surface area contributed by atoms with Crippen molar-refractivity contribution in [3.8, 4) is 0 Å². The lowest BCUT2D eigenvalue weighted by Gasteiger charge is -2.11. The Kier molecular flexibility index (Phi) is 4.06. The van der Waals surface area contributed by atoms with Crippen LogP contribution < -0.4 is 5.32 Å². The van der Waals surface area contributed by atoms with E-state index >= 15 is 0 Å². The summed E-state index contributed by atoms with van der Waals surface area (Å²) in [7, 11) is 0. The summed E-state index contributed by atoms with van der Waals surface area (Å²) in [6.07, 6.45) is 1.32. The lowest BCUT2D eigenvalue weighted by molar-refractivity contribution is 0.632. The fourth-order valence-corrected chi connectivity index (χ4v) is 3.20. The maximum Gasteiger partial charge on any atom is 0.0612 e. The molecular formula is C11H13Cl2NS. The van der Waals surface area contributed by atoms with Crippen LogP contribution in [0.3, 0.4) is 0 Å². The lowest BCUT2D eigenvalue weighted by Crippen LogP contribution is -2.13. The Morgan fingerprint density at radius 2 is 2.20 bits per heavy atom. The number of halogens is 2. The third-order valence-electron chi connectivity index (χ3n) is 2.54. The Morgan fingerprint density at radius 1 is 1.33 bits per heavy atom. The van der Waals surface area contributed by atoms with Gasteiger partial charge >= 0.3 is 0 Å². The largest absolute Gasteiger partial charge is 0.385 e. The molecule has 1 aliphatic rings. The second kappa shape index (κ2) is 5.33. The quantitative estimate of drug-likeness (QED) is 0.877. The van der Waals surface area contributed by atoms with Crippen LogP contribution in [0.15, 0.2) is 18.2 Å². The molecule has 0 aliphatic carbocycles. The van der Waals surface area contributed by atoms with Crippen LogP contribution in [0, 0.1) is 5.92 Å². The highest BCUT2D eigenvalue weighted by Crippen LogP contribution is 2.27. The molecule has 1 aromatic carbocycles. The molecule has 1 nitrogen and oxygen atoms in total. The van der Waals surface area contributed by atoms with Crippen molar-refractivity contribution in [1.29, 1.82) is 0 Å². The Balaban J connectivity index is 1.90. The van der Waals surface area contributed by atoms with Gasteiger partial charge in [0.25, 0.3) is 0 Å². The van der Waals surface area contributed by atoms with Gasteiger partial charge in [-0.15, -0.1) is 0 Å². The van der Waals surface area contributed by atoms with Gasteiger partial charge in [0.2, 0.25) is 0 Å². The molecule has 82 valence electrons. The third kappa shape index (κ3) is 3.20. The molecule has 1 fully saturated rings. The molecule has 4 heteroatoms. The summed E-state index contributed by atoms with van der Waals surface area (Å²) < 4.78 is 0. The second-order valence-electron chi connectivity index (χ2n) is 3.74. The first-order valence-corrected chi connectivity index (χ1v) is 6.93. The molecule has 1 N–H and O–H groups in total. The van der Waals surface area contributed by atoms with Gasteiger partial charge in [-0.25, -0.2) is 0 Å². The van der Waals surface area contributed by atoms with Gasteiger partial charge in [0.15, 0.2) is 0 Å². The average Bonchev–Trinajstić information content (AvgIpc) is 2.73. The van der Waals surface area contributed by atoms with Crippen molar-refractivity contribution in [2.45, 2.75) is 6.42 Å². The first-order valence-electron chi connectivity index (χ1n) is 5.02. The Morgan fingerprint density at radius 3 is 2.87 bits per heavy atom. The molecule has 1 unspecified atom stereocenters. The van der Waals surface area contributed by atoms with E-state index in [0.29, 0.717) is 10.0 Å². The number of benzene rings is 1. The van der Waals surface area contributed by atoms with Gasteiger partial charge in [0.1, 0.15) is 0 Å². The molecule has 0 bridgehead atoms. The van der Waals surface area contributed by atoms with Crippen molar-refractivity contribution < 1.29 is 0 Å². The Labute approximate surface area is 105 Å². The Bertz CT molecular complexity index is 337. The van der Waals surface area contributed by atoms with E-state index in [1.54, 1.807) is 0 Å². The van der Waals surface area contributed by atoms with Gasteiger partial charge in [0, 0.05) is 12.2 Å². The molecule has 0 radical (unpaired) electrons. The molecule has 0 saturated carbocycles. The SMILES string of the molecule is Clc1ccc(NCC2CCSC2)cc1Cl. The number of hydrogen-bond acceptors (Lipinski definition) is 2. The second-order valence-corrected chi connectivity index (χ2v) is 5.70. The van der Waals surface area contributed by atoms with Gasteiger partial charge in [-0.3, -0.25) is 0 Å². The predicted molar refractivity (Wildman–Crippen MR) is 70.4 cm³/mol. The zero-order chi connectivity index (χ0) is 10.7. The van der Waals surface area contributed by atoms with Crippen LogP contribution in [0.4, 0.5) is 5.69 Å². The predicted octanol–water partition coefficient (Wildman–Crippen LogP) is 4.16. The normalized spacial score (nSPS) is 20.5. The van der Waals surface area contributed by atoms with Crippen molar-refractivity contribution in [2.24, 2.45) is 5.92 Å². The number of rotatable bonds is 3. The molecule has 0 aromatic heterocycles. The van der Waals surface area contributed by atoms with Crippen LogP contribution in [0.2, 0.25) is 10.0 Å². The standard InChI is InChI=1S/C11H13Cl2NS/c12-10-2-1-9(5-11(10)13)14-6-8-3-4-15-7-8/h1-2,5,8,14H,3-4,6-7H2. The molecule has 1 aliphatic heterocycles. The molecule has 0 amide bonds. The van der Waals surface area contributed by atoms with E-state index in [-0.39, 0.29) is 0 Å². The maximum atomic E-state index is 5.93. The highest BCUT2D eigenvalue weighted by molar-refractivity contribution is 7.99. The lowest BCUT2D eigenvalue weighted by atomic mass is 10.1. The van der Waals surface area contributed by atoms with Gasteiger partial charge in [-0.05, 0) is 42.0 Å². The summed E-state index contributed by atoms with van der Waals surface area (Å²) in [5.74, 6) is 3.37. The van der Waals surface area contributed by atoms with Crippen LogP contribution in [0.1, 0.15) is 6.42 Å². The topological polar surface area (TPSA) is 12.0 Å². The van der Waals surface area contributed by atoms with Crippen LogP contribution >= 0.6 is 35.0 Å². The average molecular weight is 262 g/mol. The van der Waals surface area contributed by atoms with E-state index in [0.717, 1.165) is 18.2 Å². The monoisotopic (exact) mass is 261 g/mol. The summed E-state index contributed by atoms with van der Waals surface area (Å²) in [6, 6.07) is 5.68. The summed E-state index contributed by atoms with van der Waals surface area (Å²) in [5, 5.41) is 4.62. The van der Waals surface area contributed by atoms with Gasteiger partial charge in [-0.1, -0.05) is 23.2 Å². The van der Waals surface area contributed by atoms with Crippen LogP contribution in [0.5, 0.6) is 0 Å². The van der Waals surface area contributed by atoms with Gasteiger partial charge < -0.3 is 5.32 Å². The van der Waals surface area contributed by atoms with Crippen LogP contribution in [-0.4, -0.2) is 18.1 Å². The molecule has 2 rings (SSSR count). The first kappa shape index (κ1) is 11.4. The minimum absolute atomic E-state index is 0.610. The summed E-state index contributed by atoms with van der Waals surface area (Å²) in [4.78, 5) is 0. The van der Waals surface area contributed by atoms with Crippen molar-refractivity contribution >= 4 is 40.7 Å². The van der Waals surface area contributed by atoms with E-state index in [9.17, 15) is 0 Å². The summed E-state index contributed by atoms with van der Waals surface area (Å²) >= 11 is 13.8. The van der Waals surface area contributed by atoms with Crippen LogP contribution in [0.25, 0.3) is 0 Å². The molecule has 1 aromatic rings. The molecule has 0 spiro atoms.